The Bertz CT molecular complexity index is 951. The van der Waals surface area contributed by atoms with Gasteiger partial charge in [0.05, 0.1) is 16.4 Å². The summed E-state index contributed by atoms with van der Waals surface area (Å²) in [5.41, 5.74) is 0.563. The van der Waals surface area contributed by atoms with Crippen molar-refractivity contribution in [2.75, 3.05) is 23.4 Å². The van der Waals surface area contributed by atoms with Crippen LogP contribution in [0.3, 0.4) is 0 Å². The van der Waals surface area contributed by atoms with Crippen molar-refractivity contribution in [2.24, 2.45) is 0 Å². The van der Waals surface area contributed by atoms with E-state index in [1.54, 1.807) is 0 Å². The Morgan fingerprint density at radius 1 is 1.17 bits per heavy atom. The van der Waals surface area contributed by atoms with Crippen molar-refractivity contribution in [3.63, 3.8) is 0 Å². The van der Waals surface area contributed by atoms with E-state index in [0.717, 1.165) is 0 Å². The van der Waals surface area contributed by atoms with E-state index in [1.165, 1.54) is 41.3 Å². The molecule has 1 aliphatic heterocycles. The van der Waals surface area contributed by atoms with Gasteiger partial charge in [0.1, 0.15) is 5.75 Å². The van der Waals surface area contributed by atoms with Gasteiger partial charge in [0, 0.05) is 23.6 Å². The van der Waals surface area contributed by atoms with E-state index < -0.39 is 18.7 Å². The number of rotatable bonds is 5. The summed E-state index contributed by atoms with van der Waals surface area (Å²) >= 11 is 12.1. The first-order chi connectivity index (χ1) is 13.6. The molecule has 0 aliphatic carbocycles. The van der Waals surface area contributed by atoms with Gasteiger partial charge in [-0.3, -0.25) is 9.59 Å². The fourth-order valence-corrected chi connectivity index (χ4v) is 3.24. The second-order valence-electron chi connectivity index (χ2n) is 6.31. The zero-order valence-electron chi connectivity index (χ0n) is 14.9. The normalized spacial score (nSPS) is 14.2. The molecule has 3 rings (SSSR count). The predicted octanol–water partition coefficient (Wildman–Crippen LogP) is 5.31. The fourth-order valence-electron chi connectivity index (χ4n) is 2.84. The molecule has 154 valence electrons. The van der Waals surface area contributed by atoms with Crippen LogP contribution in [0.4, 0.5) is 24.5 Å². The van der Waals surface area contributed by atoms with Gasteiger partial charge in [0.2, 0.25) is 5.91 Å². The van der Waals surface area contributed by atoms with Crippen LogP contribution in [0.15, 0.2) is 36.4 Å². The zero-order chi connectivity index (χ0) is 21.2. The number of amides is 2. The number of hydrogen-bond donors (Lipinski definition) is 1. The Hall–Kier alpha value is -2.45. The van der Waals surface area contributed by atoms with Crippen molar-refractivity contribution in [3.8, 4) is 5.75 Å². The highest BCUT2D eigenvalue weighted by molar-refractivity contribution is 6.34. The maximum atomic E-state index is 12.7. The average Bonchev–Trinajstić information content (AvgIpc) is 3.06. The van der Waals surface area contributed by atoms with E-state index in [9.17, 15) is 22.8 Å². The van der Waals surface area contributed by atoms with Gasteiger partial charge in [0.15, 0.2) is 6.61 Å². The summed E-state index contributed by atoms with van der Waals surface area (Å²) in [4.78, 5) is 26.1. The van der Waals surface area contributed by atoms with E-state index in [4.69, 9.17) is 27.9 Å². The number of carbonyl (C=O) groups excluding carboxylic acids is 2. The molecule has 5 nitrogen and oxygen atoms in total. The first-order valence-corrected chi connectivity index (χ1v) is 9.30. The molecule has 0 bridgehead atoms. The molecule has 1 fully saturated rings. The lowest BCUT2D eigenvalue weighted by Crippen LogP contribution is -2.24. The van der Waals surface area contributed by atoms with E-state index in [1.807, 2.05) is 0 Å². The van der Waals surface area contributed by atoms with Gasteiger partial charge >= 0.3 is 6.18 Å². The first-order valence-electron chi connectivity index (χ1n) is 8.54. The lowest BCUT2D eigenvalue weighted by molar-refractivity contribution is -0.153. The van der Waals surface area contributed by atoms with Gasteiger partial charge in [-0.05, 0) is 42.8 Å². The third-order valence-corrected chi connectivity index (χ3v) is 4.71. The number of anilines is 2. The molecule has 1 heterocycles. The summed E-state index contributed by atoms with van der Waals surface area (Å²) in [7, 11) is 0. The molecule has 0 spiro atoms. The van der Waals surface area contributed by atoms with Crippen LogP contribution in [0.5, 0.6) is 5.75 Å². The molecule has 0 radical (unpaired) electrons. The van der Waals surface area contributed by atoms with Crippen LogP contribution >= 0.6 is 23.2 Å². The molecular weight excluding hydrogens is 432 g/mol. The molecule has 1 saturated heterocycles. The highest BCUT2D eigenvalue weighted by atomic mass is 35.5. The molecule has 10 heteroatoms. The minimum atomic E-state index is -4.53. The Morgan fingerprint density at radius 2 is 1.93 bits per heavy atom. The number of benzene rings is 2. The van der Waals surface area contributed by atoms with E-state index >= 15 is 0 Å². The van der Waals surface area contributed by atoms with Crippen molar-refractivity contribution in [1.29, 1.82) is 0 Å². The second-order valence-corrected chi connectivity index (χ2v) is 7.16. The summed E-state index contributed by atoms with van der Waals surface area (Å²) in [5.74, 6) is -0.889. The molecular formula is C19H15Cl2F3N2O3. The van der Waals surface area contributed by atoms with Crippen molar-refractivity contribution in [1.82, 2.24) is 0 Å². The lowest BCUT2D eigenvalue weighted by Gasteiger charge is -2.18. The number of nitrogens with zero attached hydrogens (tertiary/aromatic N) is 1. The molecule has 2 aromatic rings. The van der Waals surface area contributed by atoms with Crippen LogP contribution in [-0.4, -0.2) is 31.1 Å². The van der Waals surface area contributed by atoms with Crippen molar-refractivity contribution in [3.05, 3.63) is 52.0 Å². The summed E-state index contributed by atoms with van der Waals surface area (Å²) in [5, 5.41) is 3.01. The van der Waals surface area contributed by atoms with Gasteiger partial charge < -0.3 is 15.0 Å². The standard InChI is InChI=1S/C19H15Cl2F3N2O3/c20-12-4-6-16(29-10-19(22,23)24)14(9-12)25-18(28)11-3-5-13(21)15(8-11)26-7-1-2-17(26)27/h3-6,8-9H,1-2,7,10H2,(H,25,28). The first kappa shape index (κ1) is 21.3. The Morgan fingerprint density at radius 3 is 2.59 bits per heavy atom. The smallest absolute Gasteiger partial charge is 0.422 e. The van der Waals surface area contributed by atoms with Crippen molar-refractivity contribution in [2.45, 2.75) is 19.0 Å². The Labute approximate surface area is 174 Å². The average molecular weight is 447 g/mol. The minimum Gasteiger partial charge on any atom is -0.482 e. The molecule has 2 aromatic carbocycles. The summed E-state index contributed by atoms with van der Waals surface area (Å²) < 4.78 is 42.1. The number of nitrogens with one attached hydrogen (secondary N) is 1. The van der Waals surface area contributed by atoms with Gasteiger partial charge in [-0.2, -0.15) is 13.2 Å². The third-order valence-electron chi connectivity index (χ3n) is 4.15. The van der Waals surface area contributed by atoms with Gasteiger partial charge in [-0.25, -0.2) is 0 Å². The monoisotopic (exact) mass is 446 g/mol. The fraction of sp³-hybridized carbons (Fsp3) is 0.263. The largest absolute Gasteiger partial charge is 0.482 e. The molecule has 29 heavy (non-hydrogen) atoms. The molecule has 1 N–H and O–H groups in total. The van der Waals surface area contributed by atoms with Gasteiger partial charge in [0.25, 0.3) is 5.91 Å². The number of halogens is 5. The van der Waals surface area contributed by atoms with Crippen LogP contribution in [-0.2, 0) is 4.79 Å². The summed E-state index contributed by atoms with van der Waals surface area (Å²) in [6.45, 7) is -1.02. The summed E-state index contributed by atoms with van der Waals surface area (Å²) in [6, 6.07) is 8.26. The van der Waals surface area contributed by atoms with Gasteiger partial charge in [-0.15, -0.1) is 0 Å². The van der Waals surface area contributed by atoms with Crippen LogP contribution < -0.4 is 15.0 Å². The SMILES string of the molecule is O=C(Nc1cc(Cl)ccc1OCC(F)(F)F)c1ccc(Cl)c(N2CCCC2=O)c1. The quantitative estimate of drug-likeness (QED) is 0.676. The highest BCUT2D eigenvalue weighted by Crippen LogP contribution is 2.33. The Kier molecular flexibility index (Phi) is 6.24. The zero-order valence-corrected chi connectivity index (χ0v) is 16.4. The van der Waals surface area contributed by atoms with Crippen LogP contribution in [0.25, 0.3) is 0 Å². The topological polar surface area (TPSA) is 58.6 Å². The molecule has 0 atom stereocenters. The highest BCUT2D eigenvalue weighted by Gasteiger charge is 2.29. The second kappa shape index (κ2) is 8.51. The van der Waals surface area contributed by atoms with Crippen molar-refractivity contribution < 1.29 is 27.5 Å². The predicted molar refractivity (Wildman–Crippen MR) is 104 cm³/mol. The third kappa shape index (κ3) is 5.33. The maximum Gasteiger partial charge on any atom is 0.422 e. The van der Waals surface area contributed by atoms with Crippen molar-refractivity contribution >= 4 is 46.4 Å². The minimum absolute atomic E-state index is 0.0134. The van der Waals surface area contributed by atoms with Crippen LogP contribution in [0.2, 0.25) is 10.0 Å². The summed E-state index contributed by atoms with van der Waals surface area (Å²) in [6.07, 6.45) is -3.45. The maximum absolute atomic E-state index is 12.7. The number of hydrogen-bond acceptors (Lipinski definition) is 3. The molecule has 0 unspecified atom stereocenters. The number of alkyl halides is 3. The molecule has 0 aromatic heterocycles. The molecule has 1 aliphatic rings. The van der Waals surface area contributed by atoms with E-state index in [2.05, 4.69) is 5.32 Å². The van der Waals surface area contributed by atoms with Crippen LogP contribution in [0, 0.1) is 0 Å². The molecule has 2 amide bonds. The van der Waals surface area contributed by atoms with E-state index in [0.29, 0.717) is 30.1 Å². The number of carbonyl (C=O) groups is 2. The Balaban J connectivity index is 1.83. The lowest BCUT2D eigenvalue weighted by atomic mass is 10.1. The van der Waals surface area contributed by atoms with Crippen LogP contribution in [0.1, 0.15) is 23.2 Å². The van der Waals surface area contributed by atoms with E-state index in [-0.39, 0.29) is 27.9 Å². The molecule has 0 saturated carbocycles. The number of ether oxygens (including phenoxy) is 1. The van der Waals surface area contributed by atoms with Gasteiger partial charge in [-0.1, -0.05) is 23.2 Å².